The van der Waals surface area contributed by atoms with Crippen LogP contribution in [-0.2, 0) is 0 Å². The van der Waals surface area contributed by atoms with Crippen molar-refractivity contribution in [3.05, 3.63) is 71.4 Å². The molecule has 0 aliphatic rings. The molecule has 0 saturated carbocycles. The third kappa shape index (κ3) is 3.40. The average molecular weight is 337 g/mol. The van der Waals surface area contributed by atoms with Crippen LogP contribution in [0.1, 0.15) is 11.6 Å². The van der Waals surface area contributed by atoms with Crippen LogP contribution in [0, 0.1) is 0 Å². The largest absolute Gasteiger partial charge is 0.412 e. The summed E-state index contributed by atoms with van der Waals surface area (Å²) >= 11 is 5.76. The molecule has 23 heavy (non-hydrogen) atoms. The summed E-state index contributed by atoms with van der Waals surface area (Å²) in [6.45, 7) is 0. The molecule has 3 aromatic rings. The first-order valence-corrected chi connectivity index (χ1v) is 7.25. The lowest BCUT2D eigenvalue weighted by Crippen LogP contribution is -2.28. The Labute approximate surface area is 135 Å². The van der Waals surface area contributed by atoms with Gasteiger partial charge in [-0.15, -0.1) is 0 Å². The van der Waals surface area contributed by atoms with Crippen molar-refractivity contribution in [2.75, 3.05) is 5.32 Å². The molecule has 0 bridgehead atoms. The van der Waals surface area contributed by atoms with Crippen LogP contribution < -0.4 is 5.32 Å². The van der Waals surface area contributed by atoms with Crippen molar-refractivity contribution in [2.45, 2.75) is 12.2 Å². The first kappa shape index (κ1) is 15.6. The zero-order chi connectivity index (χ0) is 16.4. The minimum absolute atomic E-state index is 0.0924. The molecule has 2 aromatic carbocycles. The predicted octanol–water partition coefficient (Wildman–Crippen LogP) is 5.60. The first-order valence-electron chi connectivity index (χ1n) is 6.87. The number of fused-ring (bicyclic) bond motifs is 1. The van der Waals surface area contributed by atoms with Crippen LogP contribution in [0.25, 0.3) is 10.9 Å². The maximum atomic E-state index is 13.5. The topological polar surface area (TPSA) is 24.9 Å². The normalized spacial score (nSPS) is 13.0. The van der Waals surface area contributed by atoms with Crippen molar-refractivity contribution in [2.24, 2.45) is 0 Å². The lowest BCUT2D eigenvalue weighted by molar-refractivity contribution is -0.143. The summed E-state index contributed by atoms with van der Waals surface area (Å²) in [6.07, 6.45) is -2.90. The van der Waals surface area contributed by atoms with Gasteiger partial charge in [-0.3, -0.25) is 4.98 Å². The highest BCUT2D eigenvalue weighted by atomic mass is 35.5. The van der Waals surface area contributed by atoms with Crippen molar-refractivity contribution in [3.63, 3.8) is 0 Å². The molecule has 1 aromatic heterocycles. The Morgan fingerprint density at radius 3 is 2.35 bits per heavy atom. The van der Waals surface area contributed by atoms with Gasteiger partial charge in [-0.1, -0.05) is 41.9 Å². The van der Waals surface area contributed by atoms with Gasteiger partial charge >= 0.3 is 6.18 Å². The second-order valence-electron chi connectivity index (χ2n) is 5.05. The van der Waals surface area contributed by atoms with Gasteiger partial charge in [0.15, 0.2) is 0 Å². The molecule has 0 aliphatic carbocycles. The summed E-state index contributed by atoms with van der Waals surface area (Å²) in [5, 5.41) is 3.73. The smallest absolute Gasteiger partial charge is 0.369 e. The van der Waals surface area contributed by atoms with Crippen LogP contribution in [0.2, 0.25) is 5.02 Å². The number of hydrogen-bond acceptors (Lipinski definition) is 2. The van der Waals surface area contributed by atoms with Gasteiger partial charge in [0.25, 0.3) is 0 Å². The minimum Gasteiger partial charge on any atom is -0.369 e. The molecule has 0 saturated heterocycles. The van der Waals surface area contributed by atoms with Crippen molar-refractivity contribution >= 4 is 28.2 Å². The van der Waals surface area contributed by atoms with E-state index < -0.39 is 12.2 Å². The highest BCUT2D eigenvalue weighted by Crippen LogP contribution is 2.37. The minimum atomic E-state index is -4.45. The lowest BCUT2D eigenvalue weighted by atomic mass is 10.1. The standard InChI is InChI=1S/C17H12ClF3N2/c18-13-8-6-12(7-9-13)16(17(19,20)21)23-14-5-1-3-11-4-2-10-22-15(11)14/h1-10,16,23H. The highest BCUT2D eigenvalue weighted by molar-refractivity contribution is 6.30. The number of alkyl halides is 3. The van der Waals surface area contributed by atoms with E-state index in [1.807, 2.05) is 0 Å². The van der Waals surface area contributed by atoms with E-state index in [4.69, 9.17) is 11.6 Å². The number of anilines is 1. The van der Waals surface area contributed by atoms with Gasteiger partial charge in [0.05, 0.1) is 11.2 Å². The summed E-state index contributed by atoms with van der Waals surface area (Å²) in [7, 11) is 0. The van der Waals surface area contributed by atoms with Gasteiger partial charge in [-0.2, -0.15) is 13.2 Å². The third-order valence-electron chi connectivity index (χ3n) is 3.46. The Morgan fingerprint density at radius 1 is 0.957 bits per heavy atom. The Hall–Kier alpha value is -2.27. The van der Waals surface area contributed by atoms with E-state index in [1.165, 1.54) is 24.3 Å². The van der Waals surface area contributed by atoms with E-state index >= 15 is 0 Å². The summed E-state index contributed by atoms with van der Waals surface area (Å²) in [5.74, 6) is 0. The van der Waals surface area contributed by atoms with Crippen LogP contribution in [0.15, 0.2) is 60.8 Å². The fourth-order valence-electron chi connectivity index (χ4n) is 2.39. The molecule has 0 spiro atoms. The number of nitrogens with zero attached hydrogens (tertiary/aromatic N) is 1. The van der Waals surface area contributed by atoms with E-state index in [-0.39, 0.29) is 5.56 Å². The molecule has 1 heterocycles. The predicted molar refractivity (Wildman–Crippen MR) is 85.6 cm³/mol. The molecule has 3 rings (SSSR count). The van der Waals surface area contributed by atoms with Crippen LogP contribution in [0.5, 0.6) is 0 Å². The van der Waals surface area contributed by atoms with E-state index in [1.54, 1.807) is 36.5 Å². The van der Waals surface area contributed by atoms with Gasteiger partial charge in [0.1, 0.15) is 6.04 Å². The molecule has 2 nitrogen and oxygen atoms in total. The number of halogens is 4. The van der Waals surface area contributed by atoms with Crippen molar-refractivity contribution in [1.82, 2.24) is 4.98 Å². The molecule has 1 N–H and O–H groups in total. The first-order chi connectivity index (χ1) is 10.9. The maximum absolute atomic E-state index is 13.5. The van der Waals surface area contributed by atoms with E-state index in [0.717, 1.165) is 5.39 Å². The van der Waals surface area contributed by atoms with Crippen molar-refractivity contribution in [1.29, 1.82) is 0 Å². The number of para-hydroxylation sites is 1. The molecular formula is C17H12ClF3N2. The summed E-state index contributed by atoms with van der Waals surface area (Å²) in [5.41, 5.74) is 0.924. The van der Waals surface area contributed by atoms with Crippen LogP contribution in [0.4, 0.5) is 18.9 Å². The fourth-order valence-corrected chi connectivity index (χ4v) is 2.51. The maximum Gasteiger partial charge on any atom is 0.412 e. The van der Waals surface area contributed by atoms with Crippen LogP contribution in [0.3, 0.4) is 0 Å². The van der Waals surface area contributed by atoms with E-state index in [2.05, 4.69) is 10.3 Å². The van der Waals surface area contributed by atoms with E-state index in [0.29, 0.717) is 16.2 Å². The highest BCUT2D eigenvalue weighted by Gasteiger charge is 2.41. The Balaban J connectivity index is 2.03. The summed E-state index contributed by atoms with van der Waals surface area (Å²) < 4.78 is 40.4. The van der Waals surface area contributed by atoms with Gasteiger partial charge in [0.2, 0.25) is 0 Å². The number of aromatic nitrogens is 1. The molecule has 0 fully saturated rings. The second-order valence-corrected chi connectivity index (χ2v) is 5.49. The quantitative estimate of drug-likeness (QED) is 0.673. The fraction of sp³-hybridized carbons (Fsp3) is 0.118. The lowest BCUT2D eigenvalue weighted by Gasteiger charge is -2.23. The third-order valence-corrected chi connectivity index (χ3v) is 3.72. The number of benzene rings is 2. The van der Waals surface area contributed by atoms with Crippen molar-refractivity contribution in [3.8, 4) is 0 Å². The average Bonchev–Trinajstić information content (AvgIpc) is 2.53. The van der Waals surface area contributed by atoms with Crippen molar-refractivity contribution < 1.29 is 13.2 Å². The van der Waals surface area contributed by atoms with Gasteiger partial charge in [-0.05, 0) is 29.8 Å². The van der Waals surface area contributed by atoms with Crippen LogP contribution in [-0.4, -0.2) is 11.2 Å². The number of pyridine rings is 1. The number of nitrogens with one attached hydrogen (secondary N) is 1. The molecule has 0 amide bonds. The second kappa shape index (κ2) is 6.08. The Morgan fingerprint density at radius 2 is 1.65 bits per heavy atom. The summed E-state index contributed by atoms with van der Waals surface area (Å²) in [4.78, 5) is 4.17. The number of rotatable bonds is 3. The van der Waals surface area contributed by atoms with Gasteiger partial charge in [0, 0.05) is 16.6 Å². The Kier molecular flexibility index (Phi) is 4.13. The molecule has 1 atom stereocenters. The number of hydrogen-bond donors (Lipinski definition) is 1. The molecule has 118 valence electrons. The molecule has 0 aliphatic heterocycles. The zero-order valence-corrected chi connectivity index (χ0v) is 12.6. The van der Waals surface area contributed by atoms with Gasteiger partial charge < -0.3 is 5.32 Å². The molecule has 1 unspecified atom stereocenters. The van der Waals surface area contributed by atoms with Gasteiger partial charge in [-0.25, -0.2) is 0 Å². The van der Waals surface area contributed by atoms with Crippen LogP contribution >= 0.6 is 11.6 Å². The SMILES string of the molecule is FC(F)(F)C(Nc1cccc2cccnc12)c1ccc(Cl)cc1. The molecule has 6 heteroatoms. The summed E-state index contributed by atoms with van der Waals surface area (Å²) in [6, 6.07) is 12.4. The molecule has 0 radical (unpaired) electrons. The van der Waals surface area contributed by atoms with E-state index in [9.17, 15) is 13.2 Å². The zero-order valence-electron chi connectivity index (χ0n) is 11.8. The Bertz CT molecular complexity index is 811. The monoisotopic (exact) mass is 336 g/mol. The molecular weight excluding hydrogens is 325 g/mol.